The van der Waals surface area contributed by atoms with Crippen LogP contribution in [0.2, 0.25) is 0 Å². The maximum absolute atomic E-state index is 10.9. The van der Waals surface area contributed by atoms with E-state index in [-0.39, 0.29) is 12.5 Å². The highest BCUT2D eigenvalue weighted by molar-refractivity contribution is 7.10. The molecule has 2 N–H and O–H groups in total. The van der Waals surface area contributed by atoms with Crippen LogP contribution in [0.4, 0.5) is 0 Å². The Morgan fingerprint density at radius 3 is 2.78 bits per heavy atom. The first-order valence-electron chi connectivity index (χ1n) is 5.68. The number of carbonyl (C=O) groups is 1. The van der Waals surface area contributed by atoms with E-state index in [1.807, 2.05) is 17.5 Å². The van der Waals surface area contributed by atoms with Crippen LogP contribution < -0.4 is 5.32 Å². The second-order valence-electron chi connectivity index (χ2n) is 4.07. The Bertz CT molecular complexity index is 505. The van der Waals surface area contributed by atoms with Crippen LogP contribution in [-0.4, -0.2) is 11.1 Å². The first-order valence-corrected chi connectivity index (χ1v) is 7.44. The lowest BCUT2D eigenvalue weighted by atomic mass is 10.1. The van der Waals surface area contributed by atoms with Gasteiger partial charge in [-0.05, 0) is 35.4 Å². The van der Waals surface area contributed by atoms with E-state index in [0.717, 1.165) is 11.4 Å². The van der Waals surface area contributed by atoms with Crippen LogP contribution in [0.3, 0.4) is 0 Å². The number of aryl methyl sites for hydroxylation is 1. The maximum atomic E-state index is 10.9. The monoisotopic (exact) mass is 281 g/mol. The van der Waals surface area contributed by atoms with Crippen molar-refractivity contribution < 1.29 is 9.90 Å². The Hall–Kier alpha value is -1.17. The summed E-state index contributed by atoms with van der Waals surface area (Å²) in [5.74, 6) is -0.774. The van der Waals surface area contributed by atoms with E-state index >= 15 is 0 Å². The third kappa shape index (κ3) is 3.41. The van der Waals surface area contributed by atoms with Gasteiger partial charge in [0.15, 0.2) is 0 Å². The van der Waals surface area contributed by atoms with Gasteiger partial charge in [0, 0.05) is 16.3 Å². The van der Waals surface area contributed by atoms with Crippen molar-refractivity contribution in [1.82, 2.24) is 5.32 Å². The molecule has 0 radical (unpaired) electrons. The molecule has 0 aliphatic carbocycles. The lowest BCUT2D eigenvalue weighted by molar-refractivity contribution is -0.137. The van der Waals surface area contributed by atoms with Crippen LogP contribution in [-0.2, 0) is 11.3 Å². The van der Waals surface area contributed by atoms with Crippen molar-refractivity contribution >= 4 is 28.6 Å². The molecule has 0 amide bonds. The third-order valence-corrected chi connectivity index (χ3v) is 4.75. The van der Waals surface area contributed by atoms with Crippen molar-refractivity contribution in [2.45, 2.75) is 25.9 Å². The summed E-state index contributed by atoms with van der Waals surface area (Å²) < 4.78 is 0. The number of thiophene rings is 2. The Morgan fingerprint density at radius 2 is 2.22 bits per heavy atom. The second kappa shape index (κ2) is 6.13. The topological polar surface area (TPSA) is 49.3 Å². The largest absolute Gasteiger partial charge is 0.481 e. The number of hydrogen-bond acceptors (Lipinski definition) is 4. The van der Waals surface area contributed by atoms with Crippen molar-refractivity contribution in [1.29, 1.82) is 0 Å². The summed E-state index contributed by atoms with van der Waals surface area (Å²) in [5.41, 5.74) is 1.26. The van der Waals surface area contributed by atoms with Crippen LogP contribution in [0.1, 0.15) is 27.8 Å². The molecule has 2 heterocycles. The van der Waals surface area contributed by atoms with Gasteiger partial charge in [-0.25, -0.2) is 0 Å². The van der Waals surface area contributed by atoms with E-state index in [1.54, 1.807) is 22.7 Å². The van der Waals surface area contributed by atoms with Gasteiger partial charge in [0.05, 0.1) is 12.5 Å². The zero-order valence-electron chi connectivity index (χ0n) is 10.1. The highest BCUT2D eigenvalue weighted by atomic mass is 32.1. The fraction of sp³-hybridized carbons (Fsp3) is 0.308. The van der Waals surface area contributed by atoms with E-state index in [0.29, 0.717) is 0 Å². The Morgan fingerprint density at radius 1 is 1.39 bits per heavy atom. The van der Waals surface area contributed by atoms with Gasteiger partial charge in [-0.2, -0.15) is 0 Å². The van der Waals surface area contributed by atoms with Crippen molar-refractivity contribution in [3.05, 3.63) is 44.3 Å². The molecule has 0 aromatic carbocycles. The molecule has 3 nitrogen and oxygen atoms in total. The van der Waals surface area contributed by atoms with E-state index in [9.17, 15) is 4.79 Å². The SMILES string of the molecule is Cc1ccsc1CNC(CC(=O)O)c1cccs1. The molecule has 2 rings (SSSR count). The number of hydrogen-bond donors (Lipinski definition) is 2. The van der Waals surface area contributed by atoms with Gasteiger partial charge >= 0.3 is 5.97 Å². The lowest BCUT2D eigenvalue weighted by Gasteiger charge is -2.15. The van der Waals surface area contributed by atoms with Crippen LogP contribution in [0, 0.1) is 6.92 Å². The van der Waals surface area contributed by atoms with Crippen molar-refractivity contribution in [3.8, 4) is 0 Å². The third-order valence-electron chi connectivity index (χ3n) is 2.74. The Kier molecular flexibility index (Phi) is 4.52. The number of carboxylic acid groups (broad SMARTS) is 1. The normalized spacial score (nSPS) is 12.5. The van der Waals surface area contributed by atoms with Crippen LogP contribution in [0.5, 0.6) is 0 Å². The molecule has 96 valence electrons. The molecule has 0 spiro atoms. The molecule has 18 heavy (non-hydrogen) atoms. The minimum atomic E-state index is -0.774. The van der Waals surface area contributed by atoms with Gasteiger partial charge in [-0.3, -0.25) is 4.79 Å². The zero-order chi connectivity index (χ0) is 13.0. The Labute approximate surface area is 114 Å². The molecule has 2 aromatic rings. The average Bonchev–Trinajstić information content (AvgIpc) is 2.95. The van der Waals surface area contributed by atoms with Crippen molar-refractivity contribution in [2.24, 2.45) is 0 Å². The molecule has 0 bridgehead atoms. The number of rotatable bonds is 6. The molecule has 0 saturated carbocycles. The average molecular weight is 281 g/mol. The summed E-state index contributed by atoms with van der Waals surface area (Å²) in [5, 5.41) is 16.3. The minimum Gasteiger partial charge on any atom is -0.481 e. The molecule has 0 saturated heterocycles. The summed E-state index contributed by atoms with van der Waals surface area (Å²) in [7, 11) is 0. The summed E-state index contributed by atoms with van der Waals surface area (Å²) >= 11 is 3.29. The molecule has 0 aliphatic rings. The zero-order valence-corrected chi connectivity index (χ0v) is 11.7. The molecule has 1 unspecified atom stereocenters. The molecular weight excluding hydrogens is 266 g/mol. The van der Waals surface area contributed by atoms with E-state index in [4.69, 9.17) is 5.11 Å². The van der Waals surface area contributed by atoms with E-state index in [1.165, 1.54) is 10.4 Å². The Balaban J connectivity index is 2.02. The van der Waals surface area contributed by atoms with Gasteiger partial charge in [-0.15, -0.1) is 22.7 Å². The fourth-order valence-electron chi connectivity index (χ4n) is 1.74. The molecule has 1 atom stereocenters. The second-order valence-corrected chi connectivity index (χ2v) is 6.05. The summed E-state index contributed by atoms with van der Waals surface area (Å²) in [6.45, 7) is 2.80. The van der Waals surface area contributed by atoms with Gasteiger partial charge in [0.2, 0.25) is 0 Å². The van der Waals surface area contributed by atoms with Crippen LogP contribution in [0.15, 0.2) is 29.0 Å². The van der Waals surface area contributed by atoms with Crippen molar-refractivity contribution in [3.63, 3.8) is 0 Å². The first kappa shape index (κ1) is 13.3. The first-order chi connectivity index (χ1) is 8.66. The van der Waals surface area contributed by atoms with E-state index < -0.39 is 5.97 Å². The molecule has 2 aromatic heterocycles. The van der Waals surface area contributed by atoms with Gasteiger partial charge in [-0.1, -0.05) is 6.07 Å². The number of carboxylic acids is 1. The van der Waals surface area contributed by atoms with Crippen molar-refractivity contribution in [2.75, 3.05) is 0 Å². The van der Waals surface area contributed by atoms with Gasteiger partial charge in [0.1, 0.15) is 0 Å². The molecular formula is C13H15NO2S2. The molecule has 0 aliphatic heterocycles. The quantitative estimate of drug-likeness (QED) is 0.853. The maximum Gasteiger partial charge on any atom is 0.305 e. The van der Waals surface area contributed by atoms with Crippen LogP contribution in [0.25, 0.3) is 0 Å². The molecule has 0 fully saturated rings. The lowest BCUT2D eigenvalue weighted by Crippen LogP contribution is -2.22. The molecule has 5 heteroatoms. The van der Waals surface area contributed by atoms with Gasteiger partial charge < -0.3 is 10.4 Å². The highest BCUT2D eigenvalue weighted by Gasteiger charge is 2.16. The number of aliphatic carboxylic acids is 1. The van der Waals surface area contributed by atoms with Crippen LogP contribution >= 0.6 is 22.7 Å². The summed E-state index contributed by atoms with van der Waals surface area (Å²) in [6.07, 6.45) is 0.116. The minimum absolute atomic E-state index is 0.107. The highest BCUT2D eigenvalue weighted by Crippen LogP contribution is 2.23. The van der Waals surface area contributed by atoms with E-state index in [2.05, 4.69) is 23.7 Å². The smallest absolute Gasteiger partial charge is 0.305 e. The predicted octanol–water partition coefficient (Wildman–Crippen LogP) is 3.42. The fourth-order valence-corrected chi connectivity index (χ4v) is 3.40. The number of nitrogens with one attached hydrogen (secondary N) is 1. The standard InChI is InChI=1S/C13H15NO2S2/c1-9-4-6-18-12(9)8-14-10(7-13(15)16)11-3-2-5-17-11/h2-6,10,14H,7-8H2,1H3,(H,15,16). The van der Waals surface area contributed by atoms with Gasteiger partial charge in [0.25, 0.3) is 0 Å². The summed E-state index contributed by atoms with van der Waals surface area (Å²) in [4.78, 5) is 13.2. The predicted molar refractivity (Wildman–Crippen MR) is 75.2 cm³/mol. The summed E-state index contributed by atoms with van der Waals surface area (Å²) in [6, 6.07) is 5.90.